The summed E-state index contributed by atoms with van der Waals surface area (Å²) >= 11 is 0. The van der Waals surface area contributed by atoms with Crippen LogP contribution in [0, 0.1) is 5.82 Å². The van der Waals surface area contributed by atoms with E-state index in [1.807, 2.05) is 0 Å². The first kappa shape index (κ1) is 11.2. The lowest BCUT2D eigenvalue weighted by Crippen LogP contribution is -1.98. The number of nitrogens with zero attached hydrogens (tertiary/aromatic N) is 1. The van der Waals surface area contributed by atoms with E-state index in [0.29, 0.717) is 11.3 Å². The van der Waals surface area contributed by atoms with Crippen LogP contribution in [0.4, 0.5) is 4.39 Å². The van der Waals surface area contributed by atoms with E-state index in [2.05, 4.69) is 11.7 Å². The highest BCUT2D eigenvalue weighted by molar-refractivity contribution is 5.57. The highest BCUT2D eigenvalue weighted by Crippen LogP contribution is 2.13. The van der Waals surface area contributed by atoms with E-state index in [9.17, 15) is 4.39 Å². The van der Waals surface area contributed by atoms with Gasteiger partial charge in [0.05, 0.1) is 5.70 Å². The molecule has 0 bridgehead atoms. The number of aliphatic imine (C=N–C) groups is 1. The highest BCUT2D eigenvalue weighted by Gasteiger charge is 1.99. The normalized spacial score (nSPS) is 12.7. The lowest BCUT2D eigenvalue weighted by Gasteiger charge is -2.01. The summed E-state index contributed by atoms with van der Waals surface area (Å²) in [7, 11) is 0. The summed E-state index contributed by atoms with van der Waals surface area (Å²) in [6, 6.07) is 6.51. The molecule has 0 aromatic heterocycles. The smallest absolute Gasteiger partial charge is 0.130 e. The Morgan fingerprint density at radius 1 is 1.47 bits per heavy atom. The van der Waals surface area contributed by atoms with Crippen LogP contribution in [0.5, 0.6) is 0 Å². The van der Waals surface area contributed by atoms with Crippen molar-refractivity contribution in [1.82, 2.24) is 0 Å². The molecule has 0 aliphatic carbocycles. The summed E-state index contributed by atoms with van der Waals surface area (Å²) in [6.07, 6.45) is 3.11. The van der Waals surface area contributed by atoms with Crippen molar-refractivity contribution < 1.29 is 4.39 Å². The number of nitrogens with two attached hydrogens (primary N) is 1. The molecule has 1 aromatic carbocycles. The fourth-order valence-electron chi connectivity index (χ4n) is 1.11. The van der Waals surface area contributed by atoms with E-state index < -0.39 is 0 Å². The van der Waals surface area contributed by atoms with Gasteiger partial charge < -0.3 is 5.73 Å². The number of allylic oxidation sites excluding steroid dienone is 1. The van der Waals surface area contributed by atoms with Crippen molar-refractivity contribution in [2.75, 3.05) is 0 Å². The van der Waals surface area contributed by atoms with Crippen molar-refractivity contribution in [1.29, 1.82) is 0 Å². The maximum atomic E-state index is 13.3. The molecule has 1 rings (SSSR count). The average molecular weight is 204 g/mol. The van der Waals surface area contributed by atoms with Crippen molar-refractivity contribution in [2.45, 2.75) is 6.92 Å². The molecule has 3 heteroatoms. The number of benzene rings is 1. The summed E-state index contributed by atoms with van der Waals surface area (Å²) in [5.74, 6) is -0.267. The van der Waals surface area contributed by atoms with Gasteiger partial charge in [-0.15, -0.1) is 0 Å². The molecule has 0 saturated heterocycles. The van der Waals surface area contributed by atoms with Crippen molar-refractivity contribution in [2.24, 2.45) is 10.7 Å². The predicted octanol–water partition coefficient (Wildman–Crippen LogP) is 2.73. The Morgan fingerprint density at radius 3 is 2.73 bits per heavy atom. The molecule has 0 saturated carbocycles. The van der Waals surface area contributed by atoms with E-state index in [-0.39, 0.29) is 5.82 Å². The van der Waals surface area contributed by atoms with E-state index in [1.54, 1.807) is 31.2 Å². The summed E-state index contributed by atoms with van der Waals surface area (Å²) in [4.78, 5) is 3.55. The van der Waals surface area contributed by atoms with Crippen molar-refractivity contribution in [3.05, 3.63) is 53.1 Å². The van der Waals surface area contributed by atoms with Gasteiger partial charge in [0.25, 0.3) is 0 Å². The van der Waals surface area contributed by atoms with E-state index in [1.165, 1.54) is 12.3 Å². The summed E-state index contributed by atoms with van der Waals surface area (Å²) in [5.41, 5.74) is 7.41. The second kappa shape index (κ2) is 5.10. The molecule has 0 unspecified atom stereocenters. The molecule has 0 atom stereocenters. The minimum atomic E-state index is -0.267. The summed E-state index contributed by atoms with van der Waals surface area (Å²) in [5, 5.41) is 0. The molecule has 1 aromatic rings. The molecule has 0 radical (unpaired) electrons. The first-order chi connectivity index (χ1) is 7.15. The van der Waals surface area contributed by atoms with Crippen LogP contribution in [0.25, 0.3) is 6.08 Å². The van der Waals surface area contributed by atoms with Crippen LogP contribution < -0.4 is 5.73 Å². The van der Waals surface area contributed by atoms with Gasteiger partial charge in [-0.25, -0.2) is 4.39 Å². The molecule has 0 aliphatic heterocycles. The van der Waals surface area contributed by atoms with E-state index >= 15 is 0 Å². The van der Waals surface area contributed by atoms with Crippen molar-refractivity contribution in [3.8, 4) is 0 Å². The number of hydrogen-bond acceptors (Lipinski definition) is 2. The van der Waals surface area contributed by atoms with Gasteiger partial charge in [-0.1, -0.05) is 18.2 Å². The Morgan fingerprint density at radius 2 is 2.13 bits per heavy atom. The number of halogens is 1. The molecule has 0 aliphatic rings. The van der Waals surface area contributed by atoms with Gasteiger partial charge in [-0.2, -0.15) is 0 Å². The van der Waals surface area contributed by atoms with Crippen molar-refractivity contribution >= 4 is 12.8 Å². The highest BCUT2D eigenvalue weighted by atomic mass is 19.1. The first-order valence-corrected chi connectivity index (χ1v) is 4.50. The molecule has 0 amide bonds. The zero-order valence-corrected chi connectivity index (χ0v) is 8.57. The van der Waals surface area contributed by atoms with Crippen LogP contribution in [-0.2, 0) is 0 Å². The molecule has 2 nitrogen and oxygen atoms in total. The van der Waals surface area contributed by atoms with Gasteiger partial charge in [0.15, 0.2) is 0 Å². The Bertz CT molecular complexity index is 419. The van der Waals surface area contributed by atoms with Crippen LogP contribution in [-0.4, -0.2) is 6.72 Å². The van der Waals surface area contributed by atoms with E-state index in [4.69, 9.17) is 5.73 Å². The fourth-order valence-corrected chi connectivity index (χ4v) is 1.11. The minimum Gasteiger partial charge on any atom is -0.397 e. The Balaban J connectivity index is 3.02. The third-order valence-electron chi connectivity index (χ3n) is 1.96. The lowest BCUT2D eigenvalue weighted by molar-refractivity contribution is 0.625. The van der Waals surface area contributed by atoms with Crippen LogP contribution in [0.15, 0.2) is 46.7 Å². The standard InChI is InChI=1S/C12H13FN2/c1-9(12(14)8-15-2)7-10-5-3-4-6-11(10)13/h3-8H,2,14H2,1H3/b9-7-,12-8+. The Labute approximate surface area is 88.6 Å². The molecule has 78 valence electrons. The van der Waals surface area contributed by atoms with Gasteiger partial charge in [0.1, 0.15) is 5.82 Å². The van der Waals surface area contributed by atoms with Crippen LogP contribution in [0.2, 0.25) is 0 Å². The first-order valence-electron chi connectivity index (χ1n) is 4.50. The second-order valence-corrected chi connectivity index (χ2v) is 3.12. The molecule has 15 heavy (non-hydrogen) atoms. The second-order valence-electron chi connectivity index (χ2n) is 3.12. The molecular formula is C12H13FN2. The van der Waals surface area contributed by atoms with Gasteiger partial charge >= 0.3 is 0 Å². The molecule has 0 fully saturated rings. The van der Waals surface area contributed by atoms with Gasteiger partial charge in [-0.3, -0.25) is 4.99 Å². The van der Waals surface area contributed by atoms with E-state index in [0.717, 1.165) is 5.57 Å². The number of rotatable bonds is 3. The largest absolute Gasteiger partial charge is 0.397 e. The maximum Gasteiger partial charge on any atom is 0.130 e. The SMILES string of the molecule is C=N/C=C(N)\C(C)=C/c1ccccc1F. The van der Waals surface area contributed by atoms with Crippen LogP contribution in [0.1, 0.15) is 12.5 Å². The quantitative estimate of drug-likeness (QED) is 0.596. The Hall–Kier alpha value is -1.90. The van der Waals surface area contributed by atoms with Crippen molar-refractivity contribution in [3.63, 3.8) is 0 Å². The zero-order valence-electron chi connectivity index (χ0n) is 8.57. The zero-order chi connectivity index (χ0) is 11.3. The molecule has 0 heterocycles. The minimum absolute atomic E-state index is 0.267. The van der Waals surface area contributed by atoms with Crippen LogP contribution in [0.3, 0.4) is 0 Å². The summed E-state index contributed by atoms with van der Waals surface area (Å²) in [6.45, 7) is 5.10. The maximum absolute atomic E-state index is 13.3. The fraction of sp³-hybridized carbons (Fsp3) is 0.0833. The van der Waals surface area contributed by atoms with Gasteiger partial charge in [-0.05, 0) is 31.4 Å². The summed E-state index contributed by atoms with van der Waals surface area (Å²) < 4.78 is 13.3. The third-order valence-corrected chi connectivity index (χ3v) is 1.96. The van der Waals surface area contributed by atoms with Gasteiger partial charge in [0, 0.05) is 11.8 Å². The molecule has 2 N–H and O–H groups in total. The van der Waals surface area contributed by atoms with Gasteiger partial charge in [0.2, 0.25) is 0 Å². The Kier molecular flexibility index (Phi) is 3.80. The third kappa shape index (κ3) is 3.06. The predicted molar refractivity (Wildman–Crippen MR) is 61.9 cm³/mol. The monoisotopic (exact) mass is 204 g/mol. The average Bonchev–Trinajstić information content (AvgIpc) is 2.21. The topological polar surface area (TPSA) is 38.4 Å². The lowest BCUT2D eigenvalue weighted by atomic mass is 10.1. The molecule has 0 spiro atoms. The van der Waals surface area contributed by atoms with Crippen LogP contribution >= 0.6 is 0 Å². The number of hydrogen-bond donors (Lipinski definition) is 1. The molecular weight excluding hydrogens is 191 g/mol.